The third-order valence-electron chi connectivity index (χ3n) is 2.96. The third kappa shape index (κ3) is 7.00. The van der Waals surface area contributed by atoms with Crippen molar-refractivity contribution in [2.45, 2.75) is 19.1 Å². The highest BCUT2D eigenvalue weighted by molar-refractivity contribution is 7.99. The fourth-order valence-corrected chi connectivity index (χ4v) is 3.05. The van der Waals surface area contributed by atoms with Gasteiger partial charge in [-0.3, -0.25) is 0 Å². The normalized spacial score (nSPS) is 16.9. The van der Waals surface area contributed by atoms with Crippen molar-refractivity contribution in [2.24, 2.45) is 0 Å². The molecule has 0 aliphatic carbocycles. The lowest BCUT2D eigenvalue weighted by Gasteiger charge is -2.28. The zero-order valence-electron chi connectivity index (χ0n) is 12.2. The number of nitrogens with zero attached hydrogens (tertiary/aromatic N) is 1. The molecular weight excluding hydrogens is 353 g/mol. The number of rotatable bonds is 3. The number of nitrogens with one attached hydrogen (secondary N) is 1. The fourth-order valence-electron chi connectivity index (χ4n) is 1.87. The Balaban J connectivity index is 0.000000335. The zero-order valence-corrected chi connectivity index (χ0v) is 14.7. The quantitative estimate of drug-likeness (QED) is 0.763. The molecule has 0 saturated carbocycles. The first-order valence-corrected chi connectivity index (χ1v) is 8.85. The van der Waals surface area contributed by atoms with Gasteiger partial charge in [0.25, 0.3) is 0 Å². The first kappa shape index (κ1) is 20.0. The van der Waals surface area contributed by atoms with Crippen LogP contribution in [0.4, 0.5) is 13.2 Å². The number of hydrogen-bond donors (Lipinski definition) is 2. The molecule has 0 amide bonds. The van der Waals surface area contributed by atoms with Gasteiger partial charge in [0.1, 0.15) is 6.04 Å². The minimum Gasteiger partial charge on any atom is -0.315 e. The highest BCUT2D eigenvalue weighted by Crippen LogP contribution is 2.38. The van der Waals surface area contributed by atoms with Gasteiger partial charge in [0, 0.05) is 36.2 Å². The van der Waals surface area contributed by atoms with E-state index in [1.54, 1.807) is 6.92 Å². The van der Waals surface area contributed by atoms with Crippen LogP contribution in [0, 0.1) is 0 Å². The molecule has 1 aliphatic heterocycles. The van der Waals surface area contributed by atoms with Gasteiger partial charge in [-0.25, -0.2) is 4.31 Å². The largest absolute Gasteiger partial charge is 0.408 e. The van der Waals surface area contributed by atoms with Crippen LogP contribution < -0.4 is 5.32 Å². The maximum atomic E-state index is 12.8. The molecule has 1 N–H and O–H groups in total. The summed E-state index contributed by atoms with van der Waals surface area (Å²) in [7, 11) is 0. The van der Waals surface area contributed by atoms with Gasteiger partial charge in [-0.2, -0.15) is 24.9 Å². The van der Waals surface area contributed by atoms with Crippen LogP contribution in [0.1, 0.15) is 18.5 Å². The van der Waals surface area contributed by atoms with Crippen LogP contribution in [0.2, 0.25) is 5.02 Å². The minimum atomic E-state index is -4.36. The topological polar surface area (TPSA) is 15.3 Å². The summed E-state index contributed by atoms with van der Waals surface area (Å²) in [6.07, 6.45) is -4.36. The minimum absolute atomic E-state index is 0.133. The van der Waals surface area contributed by atoms with E-state index in [0.29, 0.717) is 5.02 Å². The SMILES string of the molecule is C1CSCCN1.CCN(S)[C@H](c1ccc(Cl)cc1)C(F)(F)F. The smallest absolute Gasteiger partial charge is 0.315 e. The van der Waals surface area contributed by atoms with Gasteiger partial charge in [-0.15, -0.1) is 0 Å². The zero-order chi connectivity index (χ0) is 16.6. The summed E-state index contributed by atoms with van der Waals surface area (Å²) in [5.41, 5.74) is 0.133. The summed E-state index contributed by atoms with van der Waals surface area (Å²) in [5.74, 6) is 2.61. The Labute approximate surface area is 144 Å². The van der Waals surface area contributed by atoms with Gasteiger partial charge in [0.2, 0.25) is 0 Å². The van der Waals surface area contributed by atoms with Crippen molar-refractivity contribution in [1.29, 1.82) is 0 Å². The van der Waals surface area contributed by atoms with Gasteiger partial charge in [0.15, 0.2) is 0 Å². The van der Waals surface area contributed by atoms with Gasteiger partial charge in [-0.1, -0.05) is 43.5 Å². The van der Waals surface area contributed by atoms with Crippen molar-refractivity contribution in [3.63, 3.8) is 0 Å². The second-order valence-corrected chi connectivity index (χ2v) is 6.79. The highest BCUT2D eigenvalue weighted by Gasteiger charge is 2.43. The number of halogens is 4. The lowest BCUT2D eigenvalue weighted by Crippen LogP contribution is -2.32. The van der Waals surface area contributed by atoms with Crippen molar-refractivity contribution in [3.8, 4) is 0 Å². The number of hydrogen-bond acceptors (Lipinski definition) is 4. The monoisotopic (exact) mass is 372 g/mol. The molecule has 2 rings (SSSR count). The number of alkyl halides is 3. The number of thiol groups is 1. The molecule has 1 atom stereocenters. The van der Waals surface area contributed by atoms with E-state index < -0.39 is 12.2 Å². The molecule has 126 valence electrons. The maximum Gasteiger partial charge on any atom is 0.408 e. The van der Waals surface area contributed by atoms with E-state index in [1.165, 1.54) is 48.9 Å². The van der Waals surface area contributed by atoms with Crippen molar-refractivity contribution in [2.75, 3.05) is 31.1 Å². The van der Waals surface area contributed by atoms with Crippen LogP contribution in [-0.2, 0) is 0 Å². The molecule has 1 heterocycles. The van der Waals surface area contributed by atoms with Crippen molar-refractivity contribution in [1.82, 2.24) is 9.62 Å². The number of benzene rings is 1. The van der Waals surface area contributed by atoms with E-state index in [9.17, 15) is 13.2 Å². The molecule has 2 nitrogen and oxygen atoms in total. The van der Waals surface area contributed by atoms with E-state index in [0.717, 1.165) is 4.31 Å². The summed E-state index contributed by atoms with van der Waals surface area (Å²) < 4.78 is 39.4. The number of thioether (sulfide) groups is 1. The molecule has 1 aromatic rings. The second-order valence-electron chi connectivity index (χ2n) is 4.61. The molecular formula is C14H20ClF3N2S2. The van der Waals surface area contributed by atoms with E-state index in [-0.39, 0.29) is 12.1 Å². The van der Waals surface area contributed by atoms with E-state index in [2.05, 4.69) is 18.1 Å². The molecule has 0 aromatic heterocycles. The van der Waals surface area contributed by atoms with E-state index in [4.69, 9.17) is 11.6 Å². The Morgan fingerprint density at radius 2 is 1.82 bits per heavy atom. The van der Waals surface area contributed by atoms with Crippen LogP contribution >= 0.6 is 36.2 Å². The Kier molecular flexibility index (Phi) is 9.01. The summed E-state index contributed by atoms with van der Waals surface area (Å²) in [6.45, 7) is 4.23. The van der Waals surface area contributed by atoms with Crippen molar-refractivity contribution >= 4 is 36.2 Å². The average molecular weight is 373 g/mol. The predicted molar refractivity (Wildman–Crippen MR) is 91.8 cm³/mol. The average Bonchev–Trinajstić information content (AvgIpc) is 2.50. The Morgan fingerprint density at radius 1 is 1.27 bits per heavy atom. The lowest BCUT2D eigenvalue weighted by atomic mass is 10.1. The maximum absolute atomic E-state index is 12.8. The van der Waals surface area contributed by atoms with Crippen LogP contribution in [0.3, 0.4) is 0 Å². The summed E-state index contributed by atoms with van der Waals surface area (Å²) in [4.78, 5) is 0. The van der Waals surface area contributed by atoms with Gasteiger partial charge >= 0.3 is 6.18 Å². The van der Waals surface area contributed by atoms with Crippen LogP contribution in [0.5, 0.6) is 0 Å². The molecule has 22 heavy (non-hydrogen) atoms. The predicted octanol–water partition coefficient (Wildman–Crippen LogP) is 4.43. The molecule has 1 aliphatic rings. The van der Waals surface area contributed by atoms with Gasteiger partial charge in [0.05, 0.1) is 0 Å². The Hall–Kier alpha value is -0.0800. The molecule has 0 spiro atoms. The highest BCUT2D eigenvalue weighted by atomic mass is 35.5. The second kappa shape index (κ2) is 9.93. The standard InChI is InChI=1S/C10H11ClF3NS.C4H9NS/c1-2-15(16)9(10(12,13)14)7-3-5-8(11)6-4-7;1-3-6-4-2-5-1/h3-6,9,16H,2H2,1H3;5H,1-4H2/t9-;/m1./s1. The Morgan fingerprint density at radius 3 is 2.14 bits per heavy atom. The fraction of sp³-hybridized carbons (Fsp3) is 0.571. The molecule has 1 aromatic carbocycles. The Bertz CT molecular complexity index is 414. The molecule has 0 radical (unpaired) electrons. The molecule has 0 unspecified atom stereocenters. The molecule has 1 saturated heterocycles. The third-order valence-corrected chi connectivity index (χ3v) is 4.72. The molecule has 8 heteroatoms. The van der Waals surface area contributed by atoms with Crippen molar-refractivity contribution in [3.05, 3.63) is 34.9 Å². The van der Waals surface area contributed by atoms with Crippen LogP contribution in [0.25, 0.3) is 0 Å². The van der Waals surface area contributed by atoms with E-state index >= 15 is 0 Å². The first-order valence-electron chi connectivity index (χ1n) is 6.92. The molecule has 1 fully saturated rings. The summed E-state index contributed by atoms with van der Waals surface area (Å²) in [5, 5.41) is 3.67. The summed E-state index contributed by atoms with van der Waals surface area (Å²) >= 11 is 11.5. The molecule has 0 bridgehead atoms. The van der Waals surface area contributed by atoms with Gasteiger partial charge in [-0.05, 0) is 17.7 Å². The van der Waals surface area contributed by atoms with Gasteiger partial charge < -0.3 is 5.32 Å². The lowest BCUT2D eigenvalue weighted by molar-refractivity contribution is -0.171. The first-order chi connectivity index (χ1) is 10.4. The van der Waals surface area contributed by atoms with Crippen LogP contribution in [-0.4, -0.2) is 41.6 Å². The van der Waals surface area contributed by atoms with Crippen LogP contribution in [0.15, 0.2) is 24.3 Å². The van der Waals surface area contributed by atoms with Crippen molar-refractivity contribution < 1.29 is 13.2 Å². The van der Waals surface area contributed by atoms with E-state index in [1.807, 2.05) is 11.8 Å². The summed E-state index contributed by atoms with van der Waals surface area (Å²) in [6, 6.07) is 3.89.